The molecule has 16 heavy (non-hydrogen) atoms. The van der Waals surface area contributed by atoms with Gasteiger partial charge in [0.15, 0.2) is 0 Å². The van der Waals surface area contributed by atoms with Crippen molar-refractivity contribution in [2.24, 2.45) is 11.1 Å². The monoisotopic (exact) mass is 222 g/mol. The van der Waals surface area contributed by atoms with E-state index in [1.807, 2.05) is 13.1 Å². The number of carbonyl (C=O) groups is 1. The lowest BCUT2D eigenvalue weighted by Crippen LogP contribution is -2.47. The Kier molecular flexibility index (Phi) is 2.96. The van der Waals surface area contributed by atoms with Crippen molar-refractivity contribution in [3.63, 3.8) is 0 Å². The summed E-state index contributed by atoms with van der Waals surface area (Å²) in [5.74, 6) is 0.0388. The highest BCUT2D eigenvalue weighted by Gasteiger charge is 2.42. The largest absolute Gasteiger partial charge is 0.329 e. The number of aryl methyl sites for hydroxylation is 1. The van der Waals surface area contributed by atoms with Gasteiger partial charge in [-0.2, -0.15) is 5.10 Å². The fourth-order valence-electron chi connectivity index (χ4n) is 1.99. The Morgan fingerprint density at radius 2 is 2.44 bits per heavy atom. The van der Waals surface area contributed by atoms with Crippen LogP contribution in [0, 0.1) is 5.41 Å². The van der Waals surface area contributed by atoms with Crippen LogP contribution in [-0.4, -0.2) is 22.2 Å². The van der Waals surface area contributed by atoms with Crippen LogP contribution in [0.25, 0.3) is 0 Å². The molecule has 0 radical (unpaired) electrons. The van der Waals surface area contributed by atoms with E-state index < -0.39 is 0 Å². The lowest BCUT2D eigenvalue weighted by Gasteiger charge is -2.38. The van der Waals surface area contributed by atoms with Crippen molar-refractivity contribution in [1.29, 1.82) is 0 Å². The molecule has 1 heterocycles. The van der Waals surface area contributed by atoms with Crippen molar-refractivity contribution < 1.29 is 4.79 Å². The summed E-state index contributed by atoms with van der Waals surface area (Å²) < 4.78 is 1.78. The predicted octanol–water partition coefficient (Wildman–Crippen LogP) is 0.970. The number of carbonyl (C=O) groups excluding carboxylic acids is 1. The molecule has 1 saturated carbocycles. The fourth-order valence-corrected chi connectivity index (χ4v) is 1.99. The quantitative estimate of drug-likeness (QED) is 0.797. The summed E-state index contributed by atoms with van der Waals surface area (Å²) in [5.41, 5.74) is 6.10. The molecular formula is C11H18N4O. The Labute approximate surface area is 95.0 Å². The summed E-state index contributed by atoms with van der Waals surface area (Å²) in [6.45, 7) is 3.24. The molecule has 1 fully saturated rings. The first-order valence-electron chi connectivity index (χ1n) is 5.74. The number of hydrogen-bond acceptors (Lipinski definition) is 3. The van der Waals surface area contributed by atoms with Gasteiger partial charge in [0.25, 0.3) is 0 Å². The Balaban J connectivity index is 2.01. The van der Waals surface area contributed by atoms with Crippen molar-refractivity contribution in [3.05, 3.63) is 12.4 Å². The van der Waals surface area contributed by atoms with Crippen molar-refractivity contribution >= 4 is 11.6 Å². The van der Waals surface area contributed by atoms with Crippen molar-refractivity contribution in [3.8, 4) is 0 Å². The number of hydrogen-bond donors (Lipinski definition) is 2. The third-order valence-corrected chi connectivity index (χ3v) is 3.40. The Morgan fingerprint density at radius 1 is 1.69 bits per heavy atom. The molecule has 88 valence electrons. The average molecular weight is 222 g/mol. The van der Waals surface area contributed by atoms with Gasteiger partial charge in [-0.15, -0.1) is 0 Å². The number of aromatic nitrogens is 2. The molecule has 1 aromatic heterocycles. The van der Waals surface area contributed by atoms with Gasteiger partial charge in [-0.1, -0.05) is 6.42 Å². The minimum absolute atomic E-state index is 0.0388. The van der Waals surface area contributed by atoms with Crippen LogP contribution in [0.15, 0.2) is 12.4 Å². The summed E-state index contributed by atoms with van der Waals surface area (Å²) in [4.78, 5) is 12.0. The SMILES string of the molecule is CCn1cc(NC(=O)C2(CN)CCC2)cn1. The van der Waals surface area contributed by atoms with E-state index in [2.05, 4.69) is 10.4 Å². The zero-order valence-corrected chi connectivity index (χ0v) is 9.57. The van der Waals surface area contributed by atoms with E-state index in [1.54, 1.807) is 10.9 Å². The molecule has 1 aliphatic carbocycles. The molecule has 0 aliphatic heterocycles. The second kappa shape index (κ2) is 4.25. The summed E-state index contributed by atoms with van der Waals surface area (Å²) in [7, 11) is 0. The lowest BCUT2D eigenvalue weighted by atomic mass is 9.68. The van der Waals surface area contributed by atoms with Gasteiger partial charge in [-0.05, 0) is 19.8 Å². The minimum atomic E-state index is -0.325. The highest BCUT2D eigenvalue weighted by atomic mass is 16.2. The van der Waals surface area contributed by atoms with E-state index in [1.165, 1.54) is 0 Å². The molecule has 3 N–H and O–H groups in total. The molecule has 0 atom stereocenters. The van der Waals surface area contributed by atoms with Crippen LogP contribution in [0.4, 0.5) is 5.69 Å². The van der Waals surface area contributed by atoms with Gasteiger partial charge in [-0.3, -0.25) is 9.48 Å². The van der Waals surface area contributed by atoms with E-state index in [-0.39, 0.29) is 11.3 Å². The zero-order valence-electron chi connectivity index (χ0n) is 9.57. The first kappa shape index (κ1) is 11.1. The zero-order chi connectivity index (χ0) is 11.6. The molecule has 5 heteroatoms. The smallest absolute Gasteiger partial charge is 0.231 e. The van der Waals surface area contributed by atoms with Gasteiger partial charge >= 0.3 is 0 Å². The maximum Gasteiger partial charge on any atom is 0.231 e. The van der Waals surface area contributed by atoms with Crippen molar-refractivity contribution in [2.45, 2.75) is 32.7 Å². The molecule has 0 saturated heterocycles. The molecule has 0 aromatic carbocycles. The number of anilines is 1. The molecule has 0 bridgehead atoms. The number of rotatable bonds is 4. The maximum atomic E-state index is 12.0. The molecule has 1 amide bonds. The van der Waals surface area contributed by atoms with E-state index in [0.29, 0.717) is 6.54 Å². The summed E-state index contributed by atoms with van der Waals surface area (Å²) in [5, 5.41) is 7.00. The first-order valence-corrected chi connectivity index (χ1v) is 5.74. The predicted molar refractivity (Wildman–Crippen MR) is 61.9 cm³/mol. The van der Waals surface area contributed by atoms with Gasteiger partial charge < -0.3 is 11.1 Å². The highest BCUT2D eigenvalue weighted by molar-refractivity contribution is 5.95. The Hall–Kier alpha value is -1.36. The summed E-state index contributed by atoms with van der Waals surface area (Å²) >= 11 is 0. The average Bonchev–Trinajstić information content (AvgIpc) is 2.64. The molecular weight excluding hydrogens is 204 g/mol. The van der Waals surface area contributed by atoms with Gasteiger partial charge in [-0.25, -0.2) is 0 Å². The summed E-state index contributed by atoms with van der Waals surface area (Å²) in [6, 6.07) is 0. The number of nitrogens with one attached hydrogen (secondary N) is 1. The fraction of sp³-hybridized carbons (Fsp3) is 0.636. The third kappa shape index (κ3) is 1.82. The van der Waals surface area contributed by atoms with E-state index in [0.717, 1.165) is 31.5 Å². The Bertz CT molecular complexity index is 376. The van der Waals surface area contributed by atoms with Crippen molar-refractivity contribution in [1.82, 2.24) is 9.78 Å². The molecule has 5 nitrogen and oxygen atoms in total. The van der Waals surface area contributed by atoms with Crippen LogP contribution in [0.1, 0.15) is 26.2 Å². The normalized spacial score (nSPS) is 17.9. The van der Waals surface area contributed by atoms with Crippen LogP contribution in [0.3, 0.4) is 0 Å². The van der Waals surface area contributed by atoms with Gasteiger partial charge in [0.05, 0.1) is 17.3 Å². The highest BCUT2D eigenvalue weighted by Crippen LogP contribution is 2.40. The van der Waals surface area contributed by atoms with Crippen LogP contribution in [0.5, 0.6) is 0 Å². The van der Waals surface area contributed by atoms with Gasteiger partial charge in [0.2, 0.25) is 5.91 Å². The molecule has 0 unspecified atom stereocenters. The number of nitrogens with two attached hydrogens (primary N) is 1. The third-order valence-electron chi connectivity index (χ3n) is 3.40. The summed E-state index contributed by atoms with van der Waals surface area (Å²) in [6.07, 6.45) is 6.40. The van der Waals surface area contributed by atoms with E-state index >= 15 is 0 Å². The van der Waals surface area contributed by atoms with Crippen LogP contribution in [0.2, 0.25) is 0 Å². The lowest BCUT2D eigenvalue weighted by molar-refractivity contribution is -0.129. The van der Waals surface area contributed by atoms with Crippen LogP contribution in [-0.2, 0) is 11.3 Å². The number of nitrogens with zero attached hydrogens (tertiary/aromatic N) is 2. The molecule has 1 aromatic rings. The van der Waals surface area contributed by atoms with E-state index in [9.17, 15) is 4.79 Å². The topological polar surface area (TPSA) is 72.9 Å². The van der Waals surface area contributed by atoms with Gasteiger partial charge in [0, 0.05) is 19.3 Å². The van der Waals surface area contributed by atoms with Gasteiger partial charge in [0.1, 0.15) is 0 Å². The van der Waals surface area contributed by atoms with Crippen molar-refractivity contribution in [2.75, 3.05) is 11.9 Å². The molecule has 2 rings (SSSR count). The van der Waals surface area contributed by atoms with Crippen LogP contribution < -0.4 is 11.1 Å². The molecule has 1 aliphatic rings. The minimum Gasteiger partial charge on any atom is -0.329 e. The standard InChI is InChI=1S/C11H18N4O/c1-2-15-7-9(6-13-15)14-10(16)11(8-12)4-3-5-11/h6-7H,2-5,8,12H2,1H3,(H,14,16). The second-order valence-electron chi connectivity index (χ2n) is 4.38. The Morgan fingerprint density at radius 3 is 2.88 bits per heavy atom. The number of amides is 1. The van der Waals surface area contributed by atoms with Crippen LogP contribution >= 0.6 is 0 Å². The van der Waals surface area contributed by atoms with E-state index in [4.69, 9.17) is 5.73 Å². The maximum absolute atomic E-state index is 12.0. The second-order valence-corrected chi connectivity index (χ2v) is 4.38. The molecule has 0 spiro atoms. The first-order chi connectivity index (χ1) is 7.70.